The highest BCUT2D eigenvalue weighted by molar-refractivity contribution is 7.90. The van der Waals surface area contributed by atoms with Crippen molar-refractivity contribution in [2.24, 2.45) is 5.73 Å². The molecule has 2 N–H and O–H groups in total. The molecule has 2 rings (SSSR count). The summed E-state index contributed by atoms with van der Waals surface area (Å²) in [5.74, 6) is -0.336. The first-order valence-electron chi connectivity index (χ1n) is 5.61. The first-order valence-corrected chi connectivity index (χ1v) is 7.50. The highest BCUT2D eigenvalue weighted by Crippen LogP contribution is 2.19. The Morgan fingerprint density at radius 1 is 1.37 bits per heavy atom. The Morgan fingerprint density at radius 3 is 2.47 bits per heavy atom. The van der Waals surface area contributed by atoms with Crippen LogP contribution in [0.15, 0.2) is 41.6 Å². The van der Waals surface area contributed by atoms with Gasteiger partial charge in [0.2, 0.25) is 0 Å². The molecule has 5 nitrogen and oxygen atoms in total. The van der Waals surface area contributed by atoms with E-state index in [2.05, 4.69) is 5.10 Å². The summed E-state index contributed by atoms with van der Waals surface area (Å²) in [4.78, 5) is 0.132. The lowest BCUT2D eigenvalue weighted by molar-refractivity contribution is 0.529. The molecule has 1 unspecified atom stereocenters. The molecule has 102 valence electrons. The molecule has 0 saturated heterocycles. The topological polar surface area (TPSA) is 78.0 Å². The zero-order valence-electron chi connectivity index (χ0n) is 10.3. The summed E-state index contributed by atoms with van der Waals surface area (Å²) in [5, 5.41) is 4.02. The molecule has 1 atom stereocenters. The average Bonchev–Trinajstić information content (AvgIpc) is 2.82. The third kappa shape index (κ3) is 2.99. The Morgan fingerprint density at radius 2 is 2.00 bits per heavy atom. The minimum Gasteiger partial charge on any atom is -0.328 e. The number of hydrogen-bond acceptors (Lipinski definition) is 4. The Hall–Kier alpha value is -1.73. The molecule has 0 aliphatic carbocycles. The fourth-order valence-electron chi connectivity index (χ4n) is 1.76. The minimum atomic E-state index is -3.30. The number of nitrogens with two attached hydrogens (primary N) is 1. The van der Waals surface area contributed by atoms with Crippen molar-refractivity contribution in [1.82, 2.24) is 9.78 Å². The second kappa shape index (κ2) is 5.10. The van der Waals surface area contributed by atoms with Crippen LogP contribution in [0.25, 0.3) is 0 Å². The smallest absolute Gasteiger partial charge is 0.178 e. The number of benzene rings is 1. The van der Waals surface area contributed by atoms with Gasteiger partial charge in [-0.1, -0.05) is 12.1 Å². The summed E-state index contributed by atoms with van der Waals surface area (Å²) in [6.45, 7) is 0.233. The van der Waals surface area contributed by atoms with Crippen molar-refractivity contribution in [2.45, 2.75) is 10.9 Å². The molecule has 7 heteroatoms. The number of nitrogens with zero attached hydrogens (tertiary/aromatic N) is 2. The van der Waals surface area contributed by atoms with E-state index in [-0.39, 0.29) is 23.3 Å². The average molecular weight is 283 g/mol. The van der Waals surface area contributed by atoms with Crippen LogP contribution in [-0.2, 0) is 9.84 Å². The van der Waals surface area contributed by atoms with Gasteiger partial charge in [-0.2, -0.15) is 5.10 Å². The zero-order chi connectivity index (χ0) is 14.0. The third-order valence-electron chi connectivity index (χ3n) is 2.80. The monoisotopic (exact) mass is 283 g/mol. The Bertz CT molecular complexity index is 665. The Kier molecular flexibility index (Phi) is 3.68. The van der Waals surface area contributed by atoms with E-state index in [1.165, 1.54) is 29.2 Å². The van der Waals surface area contributed by atoms with Crippen molar-refractivity contribution in [3.63, 3.8) is 0 Å². The van der Waals surface area contributed by atoms with E-state index in [4.69, 9.17) is 5.73 Å². The molecule has 0 bridgehead atoms. The van der Waals surface area contributed by atoms with Crippen LogP contribution in [0, 0.1) is 5.82 Å². The van der Waals surface area contributed by atoms with Gasteiger partial charge in [-0.15, -0.1) is 0 Å². The Labute approximate surface area is 110 Å². The number of hydrogen-bond donors (Lipinski definition) is 1. The summed E-state index contributed by atoms with van der Waals surface area (Å²) in [6.07, 6.45) is 3.82. The summed E-state index contributed by atoms with van der Waals surface area (Å²) < 4.78 is 37.2. The molecule has 0 fully saturated rings. The predicted octanol–water partition coefficient (Wildman–Crippen LogP) is 0.974. The molecule has 1 aromatic heterocycles. The first kappa shape index (κ1) is 13.7. The van der Waals surface area contributed by atoms with Crippen LogP contribution >= 0.6 is 0 Å². The zero-order valence-corrected chi connectivity index (χ0v) is 11.1. The lowest BCUT2D eigenvalue weighted by Gasteiger charge is -2.15. The molecule has 2 aromatic rings. The van der Waals surface area contributed by atoms with Crippen LogP contribution in [0.5, 0.6) is 0 Å². The minimum absolute atomic E-state index is 0.132. The second-order valence-corrected chi connectivity index (χ2v) is 6.25. The van der Waals surface area contributed by atoms with E-state index in [1.54, 1.807) is 12.1 Å². The third-order valence-corrected chi connectivity index (χ3v) is 3.87. The van der Waals surface area contributed by atoms with Crippen LogP contribution < -0.4 is 5.73 Å². The van der Waals surface area contributed by atoms with Crippen molar-refractivity contribution < 1.29 is 12.8 Å². The van der Waals surface area contributed by atoms with Gasteiger partial charge in [-0.05, 0) is 17.7 Å². The largest absolute Gasteiger partial charge is 0.328 e. The van der Waals surface area contributed by atoms with Crippen LogP contribution in [0.2, 0.25) is 0 Å². The van der Waals surface area contributed by atoms with Gasteiger partial charge >= 0.3 is 0 Å². The molecule has 0 amide bonds. The fourth-order valence-corrected chi connectivity index (χ4v) is 2.30. The van der Waals surface area contributed by atoms with Crippen molar-refractivity contribution >= 4 is 9.84 Å². The highest BCUT2D eigenvalue weighted by Gasteiger charge is 2.16. The molecular weight excluding hydrogens is 269 g/mol. The van der Waals surface area contributed by atoms with Gasteiger partial charge < -0.3 is 5.73 Å². The highest BCUT2D eigenvalue weighted by atomic mass is 32.2. The van der Waals surface area contributed by atoms with Gasteiger partial charge in [0.15, 0.2) is 9.84 Å². The van der Waals surface area contributed by atoms with Gasteiger partial charge in [0.1, 0.15) is 10.7 Å². The van der Waals surface area contributed by atoms with E-state index in [0.29, 0.717) is 0 Å². The maximum Gasteiger partial charge on any atom is 0.178 e. The number of aromatic nitrogens is 2. The van der Waals surface area contributed by atoms with Gasteiger partial charge in [0.25, 0.3) is 0 Å². The van der Waals surface area contributed by atoms with E-state index in [0.717, 1.165) is 11.8 Å². The SMILES string of the molecule is CS(=O)(=O)c1cnn(C(CN)c2ccc(F)cc2)c1. The van der Waals surface area contributed by atoms with Crippen LogP contribution in [0.1, 0.15) is 11.6 Å². The summed E-state index contributed by atoms with van der Waals surface area (Å²) in [7, 11) is -3.30. The molecule has 0 radical (unpaired) electrons. The molecular formula is C12H14FN3O2S. The molecule has 19 heavy (non-hydrogen) atoms. The molecule has 0 aliphatic rings. The van der Waals surface area contributed by atoms with Gasteiger partial charge in [-0.3, -0.25) is 4.68 Å². The molecule has 0 saturated carbocycles. The fraction of sp³-hybridized carbons (Fsp3) is 0.250. The quantitative estimate of drug-likeness (QED) is 0.907. The van der Waals surface area contributed by atoms with Crippen LogP contribution in [0.4, 0.5) is 4.39 Å². The van der Waals surface area contributed by atoms with E-state index in [9.17, 15) is 12.8 Å². The lowest BCUT2D eigenvalue weighted by atomic mass is 10.1. The van der Waals surface area contributed by atoms with Crippen molar-refractivity contribution in [3.05, 3.63) is 48.0 Å². The van der Waals surface area contributed by atoms with Crippen molar-refractivity contribution in [3.8, 4) is 0 Å². The number of rotatable bonds is 4. The summed E-state index contributed by atoms with van der Waals surface area (Å²) in [5.41, 5.74) is 6.46. The second-order valence-electron chi connectivity index (χ2n) is 4.23. The number of halogens is 1. The van der Waals surface area contributed by atoms with Crippen LogP contribution in [0.3, 0.4) is 0 Å². The van der Waals surface area contributed by atoms with E-state index >= 15 is 0 Å². The summed E-state index contributed by atoms with van der Waals surface area (Å²) >= 11 is 0. The molecule has 1 heterocycles. The first-order chi connectivity index (χ1) is 8.91. The van der Waals surface area contributed by atoms with Gasteiger partial charge in [-0.25, -0.2) is 12.8 Å². The molecule has 0 aliphatic heterocycles. The van der Waals surface area contributed by atoms with Crippen molar-refractivity contribution in [1.29, 1.82) is 0 Å². The maximum absolute atomic E-state index is 12.9. The maximum atomic E-state index is 12.9. The summed E-state index contributed by atoms with van der Waals surface area (Å²) in [6, 6.07) is 5.55. The van der Waals surface area contributed by atoms with Crippen molar-refractivity contribution in [2.75, 3.05) is 12.8 Å². The predicted molar refractivity (Wildman–Crippen MR) is 68.9 cm³/mol. The Balaban J connectivity index is 2.37. The lowest BCUT2D eigenvalue weighted by Crippen LogP contribution is -2.20. The standard InChI is InChI=1S/C12H14FN3O2S/c1-19(17,18)11-7-15-16(8-11)12(6-14)9-2-4-10(13)5-3-9/h2-5,7-8,12H,6,14H2,1H3. The van der Waals surface area contributed by atoms with E-state index < -0.39 is 9.84 Å². The van der Waals surface area contributed by atoms with Crippen LogP contribution in [-0.4, -0.2) is 31.0 Å². The normalized spacial score (nSPS) is 13.4. The number of sulfone groups is 1. The van der Waals surface area contributed by atoms with Gasteiger partial charge in [0.05, 0.1) is 12.2 Å². The molecule has 0 spiro atoms. The molecule has 1 aromatic carbocycles. The van der Waals surface area contributed by atoms with E-state index in [1.807, 2.05) is 0 Å². The van der Waals surface area contributed by atoms with Gasteiger partial charge in [0, 0.05) is 19.0 Å².